The van der Waals surface area contributed by atoms with Gasteiger partial charge in [-0.25, -0.2) is 0 Å². The van der Waals surface area contributed by atoms with Gasteiger partial charge in [0.25, 0.3) is 0 Å². The summed E-state index contributed by atoms with van der Waals surface area (Å²) in [6.45, 7) is 4.25. The lowest BCUT2D eigenvalue weighted by molar-refractivity contribution is 0.374. The maximum atomic E-state index is 5.99. The van der Waals surface area contributed by atoms with Crippen LogP contribution in [0.15, 0.2) is 50.3 Å². The molecule has 1 aromatic carbocycles. The maximum absolute atomic E-state index is 5.99. The molecule has 0 fully saturated rings. The van der Waals surface area contributed by atoms with Crippen LogP contribution in [-0.4, -0.2) is 23.1 Å². The van der Waals surface area contributed by atoms with Crippen molar-refractivity contribution >= 4 is 17.6 Å². The Labute approximate surface area is 156 Å². The molecule has 0 aliphatic heterocycles. The summed E-state index contributed by atoms with van der Waals surface area (Å²) in [6.07, 6.45) is 0. The fourth-order valence-electron chi connectivity index (χ4n) is 2.39. The highest BCUT2D eigenvalue weighted by Gasteiger charge is 2.13. The number of benzene rings is 1. The molecule has 0 bridgehead atoms. The number of guanidine groups is 1. The molecule has 0 spiro atoms. The van der Waals surface area contributed by atoms with E-state index in [9.17, 15) is 0 Å². The summed E-state index contributed by atoms with van der Waals surface area (Å²) >= 11 is 5.99. The molecule has 0 amide bonds. The minimum absolute atomic E-state index is 0.0281. The van der Waals surface area contributed by atoms with Crippen molar-refractivity contribution in [1.82, 2.24) is 20.8 Å². The second-order valence-corrected chi connectivity index (χ2v) is 6.20. The Bertz CT molecular complexity index is 902. The van der Waals surface area contributed by atoms with E-state index in [2.05, 4.69) is 25.8 Å². The summed E-state index contributed by atoms with van der Waals surface area (Å²) in [7, 11) is 1.70. The number of hydrogen-bond acceptors (Lipinski definition) is 5. The minimum atomic E-state index is -0.0281. The van der Waals surface area contributed by atoms with Crippen LogP contribution < -0.4 is 10.6 Å². The molecule has 0 aliphatic carbocycles. The van der Waals surface area contributed by atoms with Gasteiger partial charge in [0.15, 0.2) is 5.96 Å². The first-order valence-corrected chi connectivity index (χ1v) is 8.55. The van der Waals surface area contributed by atoms with E-state index in [0.29, 0.717) is 29.2 Å². The van der Waals surface area contributed by atoms with Gasteiger partial charge in [-0.05, 0) is 38.1 Å². The van der Waals surface area contributed by atoms with Crippen LogP contribution in [0.5, 0.6) is 0 Å². The Balaban J connectivity index is 1.59. The Morgan fingerprint density at radius 1 is 1.31 bits per heavy atom. The van der Waals surface area contributed by atoms with E-state index >= 15 is 0 Å². The first kappa shape index (κ1) is 18.0. The number of nitrogens with zero attached hydrogens (tertiary/aromatic N) is 3. The van der Waals surface area contributed by atoms with E-state index in [0.717, 1.165) is 17.1 Å². The van der Waals surface area contributed by atoms with Crippen LogP contribution in [0.2, 0.25) is 5.02 Å². The van der Waals surface area contributed by atoms with Gasteiger partial charge in [0, 0.05) is 17.6 Å². The van der Waals surface area contributed by atoms with Crippen molar-refractivity contribution in [1.29, 1.82) is 0 Å². The van der Waals surface area contributed by atoms with E-state index in [4.69, 9.17) is 20.5 Å². The van der Waals surface area contributed by atoms with Crippen LogP contribution in [0.1, 0.15) is 30.4 Å². The third-order valence-electron chi connectivity index (χ3n) is 3.72. The Morgan fingerprint density at radius 3 is 2.85 bits per heavy atom. The van der Waals surface area contributed by atoms with Crippen LogP contribution >= 0.6 is 11.6 Å². The van der Waals surface area contributed by atoms with Crippen molar-refractivity contribution in [2.45, 2.75) is 26.4 Å². The molecule has 0 saturated heterocycles. The van der Waals surface area contributed by atoms with Gasteiger partial charge in [0.1, 0.15) is 11.5 Å². The third-order valence-corrected chi connectivity index (χ3v) is 3.96. The average Bonchev–Trinajstić information content (AvgIpc) is 3.27. The van der Waals surface area contributed by atoms with Crippen molar-refractivity contribution in [2.75, 3.05) is 7.05 Å². The van der Waals surface area contributed by atoms with Crippen molar-refractivity contribution in [2.24, 2.45) is 4.99 Å². The standard InChI is InChI=1S/C18H20ClN5O2/c1-11-7-8-15(25-11)12(2)22-18(20-3)21-10-16-23-17(24-26-16)13-5-4-6-14(19)9-13/h4-9,12H,10H2,1-3H3,(H2,20,21,22). The van der Waals surface area contributed by atoms with Gasteiger partial charge in [-0.2, -0.15) is 4.98 Å². The van der Waals surface area contributed by atoms with Crippen molar-refractivity contribution in [3.8, 4) is 11.4 Å². The van der Waals surface area contributed by atoms with Gasteiger partial charge in [-0.3, -0.25) is 4.99 Å². The fourth-order valence-corrected chi connectivity index (χ4v) is 2.58. The number of nitrogens with one attached hydrogen (secondary N) is 2. The van der Waals surface area contributed by atoms with Gasteiger partial charge in [-0.15, -0.1) is 0 Å². The summed E-state index contributed by atoms with van der Waals surface area (Å²) in [6, 6.07) is 11.1. The predicted octanol–water partition coefficient (Wildman–Crippen LogP) is 3.72. The van der Waals surface area contributed by atoms with Crippen LogP contribution in [0.4, 0.5) is 0 Å². The molecule has 2 heterocycles. The molecule has 2 N–H and O–H groups in total. The Hall–Kier alpha value is -2.80. The lowest BCUT2D eigenvalue weighted by Gasteiger charge is -2.15. The summed E-state index contributed by atoms with van der Waals surface area (Å²) < 4.78 is 10.9. The van der Waals surface area contributed by atoms with E-state index in [1.807, 2.05) is 38.1 Å². The van der Waals surface area contributed by atoms with Gasteiger partial charge >= 0.3 is 0 Å². The molecule has 0 aliphatic rings. The summed E-state index contributed by atoms with van der Waals surface area (Å²) in [5, 5.41) is 11.0. The van der Waals surface area contributed by atoms with Crippen LogP contribution in [0.3, 0.4) is 0 Å². The number of hydrogen-bond donors (Lipinski definition) is 2. The first-order valence-electron chi connectivity index (χ1n) is 8.17. The van der Waals surface area contributed by atoms with Crippen LogP contribution in [-0.2, 0) is 6.54 Å². The highest BCUT2D eigenvalue weighted by atomic mass is 35.5. The van der Waals surface area contributed by atoms with Crippen LogP contribution in [0.25, 0.3) is 11.4 Å². The number of rotatable bonds is 5. The van der Waals surface area contributed by atoms with Gasteiger partial charge in [-0.1, -0.05) is 28.9 Å². The highest BCUT2D eigenvalue weighted by Crippen LogP contribution is 2.20. The normalized spacial score (nSPS) is 12.8. The Morgan fingerprint density at radius 2 is 2.15 bits per heavy atom. The summed E-state index contributed by atoms with van der Waals surface area (Å²) in [4.78, 5) is 8.57. The molecule has 8 heteroatoms. The number of furan rings is 1. The number of aryl methyl sites for hydroxylation is 1. The van der Waals surface area contributed by atoms with E-state index in [1.165, 1.54) is 0 Å². The minimum Gasteiger partial charge on any atom is -0.464 e. The molecule has 3 aromatic rings. The van der Waals surface area contributed by atoms with Gasteiger partial charge in [0.05, 0.1) is 12.6 Å². The molecular weight excluding hydrogens is 354 g/mol. The smallest absolute Gasteiger partial charge is 0.246 e. The predicted molar refractivity (Wildman–Crippen MR) is 99.9 cm³/mol. The molecule has 7 nitrogen and oxygen atoms in total. The number of halogens is 1. The zero-order chi connectivity index (χ0) is 18.5. The first-order chi connectivity index (χ1) is 12.5. The van der Waals surface area contributed by atoms with Crippen molar-refractivity contribution in [3.63, 3.8) is 0 Å². The third kappa shape index (κ3) is 4.43. The van der Waals surface area contributed by atoms with Crippen LogP contribution in [0, 0.1) is 6.92 Å². The fraction of sp³-hybridized carbons (Fsp3) is 0.278. The van der Waals surface area contributed by atoms with E-state index < -0.39 is 0 Å². The monoisotopic (exact) mass is 373 g/mol. The summed E-state index contributed by atoms with van der Waals surface area (Å²) in [5.74, 6) is 3.26. The number of aliphatic imine (C=N–C) groups is 1. The number of aromatic nitrogens is 2. The molecule has 1 unspecified atom stereocenters. The van der Waals surface area contributed by atoms with Crippen molar-refractivity contribution in [3.05, 3.63) is 58.8 Å². The molecule has 26 heavy (non-hydrogen) atoms. The SMILES string of the molecule is CN=C(NCc1nc(-c2cccc(Cl)c2)no1)NC(C)c1ccc(C)o1. The lowest BCUT2D eigenvalue weighted by Crippen LogP contribution is -2.38. The van der Waals surface area contributed by atoms with E-state index in [1.54, 1.807) is 19.2 Å². The largest absolute Gasteiger partial charge is 0.464 e. The molecule has 3 rings (SSSR count). The van der Waals surface area contributed by atoms with Gasteiger partial charge in [0.2, 0.25) is 11.7 Å². The molecule has 0 saturated carbocycles. The second kappa shape index (κ2) is 8.05. The zero-order valence-corrected chi connectivity index (χ0v) is 15.5. The van der Waals surface area contributed by atoms with Gasteiger partial charge < -0.3 is 19.6 Å². The zero-order valence-electron chi connectivity index (χ0n) is 14.8. The quantitative estimate of drug-likeness (QED) is 0.523. The lowest BCUT2D eigenvalue weighted by atomic mass is 10.2. The Kier molecular flexibility index (Phi) is 5.58. The van der Waals surface area contributed by atoms with E-state index in [-0.39, 0.29) is 6.04 Å². The second-order valence-electron chi connectivity index (χ2n) is 5.76. The average molecular weight is 374 g/mol. The van der Waals surface area contributed by atoms with Crippen molar-refractivity contribution < 1.29 is 8.94 Å². The highest BCUT2D eigenvalue weighted by molar-refractivity contribution is 6.30. The molecule has 1 atom stereocenters. The molecule has 0 radical (unpaired) electrons. The molecule has 2 aromatic heterocycles. The summed E-state index contributed by atoms with van der Waals surface area (Å²) in [5.41, 5.74) is 0.803. The maximum Gasteiger partial charge on any atom is 0.246 e. The molecular formula is C18H20ClN5O2. The molecule has 136 valence electrons. The topological polar surface area (TPSA) is 88.5 Å².